The molecular formula is C20H26N4O4. The summed E-state index contributed by atoms with van der Waals surface area (Å²) < 4.78 is 0. The maximum absolute atomic E-state index is 12.7. The fourth-order valence-electron chi connectivity index (χ4n) is 4.00. The number of hydrogen-bond acceptors (Lipinski definition) is 4. The molecule has 2 bridgehead atoms. The summed E-state index contributed by atoms with van der Waals surface area (Å²) in [6.45, 7) is 4.80. The molecular weight excluding hydrogens is 360 g/mol. The molecule has 2 N–H and O–H groups in total. The van der Waals surface area contributed by atoms with Gasteiger partial charge in [0.15, 0.2) is 0 Å². The Morgan fingerprint density at radius 3 is 2.50 bits per heavy atom. The number of benzene rings is 1. The van der Waals surface area contributed by atoms with Crippen molar-refractivity contribution in [1.29, 1.82) is 0 Å². The molecule has 3 atom stereocenters. The second kappa shape index (κ2) is 7.09. The molecule has 150 valence electrons. The third-order valence-electron chi connectivity index (χ3n) is 5.98. The number of urea groups is 1. The first-order valence-electron chi connectivity index (χ1n) is 9.73. The lowest BCUT2D eigenvalue weighted by atomic mass is 10.0. The number of amides is 4. The fourth-order valence-corrected chi connectivity index (χ4v) is 4.00. The SMILES string of the molecule is CC1(C)CC1C(=O)NNC(=O)[C@@H]1CC[C@H]2CN1C(=O)N2OCc1ccccc1. The van der Waals surface area contributed by atoms with Gasteiger partial charge in [0.25, 0.3) is 5.91 Å². The maximum atomic E-state index is 12.7. The molecule has 4 rings (SSSR count). The second-order valence-electron chi connectivity index (χ2n) is 8.49. The van der Waals surface area contributed by atoms with Crippen LogP contribution < -0.4 is 10.9 Å². The number of hydrogen-bond donors (Lipinski definition) is 2. The van der Waals surface area contributed by atoms with Crippen molar-refractivity contribution in [3.63, 3.8) is 0 Å². The third kappa shape index (κ3) is 3.56. The minimum atomic E-state index is -0.596. The summed E-state index contributed by atoms with van der Waals surface area (Å²) in [7, 11) is 0. The highest BCUT2D eigenvalue weighted by molar-refractivity contribution is 5.90. The van der Waals surface area contributed by atoms with Gasteiger partial charge in [-0.15, -0.1) is 0 Å². The van der Waals surface area contributed by atoms with E-state index >= 15 is 0 Å². The smallest absolute Gasteiger partial charge is 0.309 e. The molecule has 0 spiro atoms. The van der Waals surface area contributed by atoms with Crippen molar-refractivity contribution in [3.8, 4) is 0 Å². The molecule has 3 fully saturated rings. The summed E-state index contributed by atoms with van der Waals surface area (Å²) in [5, 5.41) is 1.39. The molecule has 8 heteroatoms. The van der Waals surface area contributed by atoms with Gasteiger partial charge in [0.05, 0.1) is 6.04 Å². The van der Waals surface area contributed by atoms with Crippen LogP contribution in [0.4, 0.5) is 4.79 Å². The Bertz CT molecular complexity index is 782. The van der Waals surface area contributed by atoms with E-state index in [1.54, 1.807) is 0 Å². The number of carbonyl (C=O) groups is 3. The molecule has 28 heavy (non-hydrogen) atoms. The van der Waals surface area contributed by atoms with Crippen molar-refractivity contribution < 1.29 is 19.2 Å². The van der Waals surface area contributed by atoms with Gasteiger partial charge in [0, 0.05) is 12.5 Å². The van der Waals surface area contributed by atoms with Crippen molar-refractivity contribution >= 4 is 17.8 Å². The van der Waals surface area contributed by atoms with E-state index in [2.05, 4.69) is 10.9 Å². The van der Waals surface area contributed by atoms with Gasteiger partial charge < -0.3 is 4.90 Å². The van der Waals surface area contributed by atoms with Gasteiger partial charge >= 0.3 is 6.03 Å². The Morgan fingerprint density at radius 2 is 1.82 bits per heavy atom. The Morgan fingerprint density at radius 1 is 1.14 bits per heavy atom. The van der Waals surface area contributed by atoms with Crippen molar-refractivity contribution in [2.75, 3.05) is 6.54 Å². The molecule has 3 aliphatic rings. The van der Waals surface area contributed by atoms with Gasteiger partial charge in [-0.25, -0.2) is 4.79 Å². The minimum Gasteiger partial charge on any atom is -0.309 e. The van der Waals surface area contributed by atoms with Gasteiger partial charge in [0.1, 0.15) is 12.6 Å². The number of nitrogens with zero attached hydrogens (tertiary/aromatic N) is 2. The number of nitrogens with one attached hydrogen (secondary N) is 2. The molecule has 1 aliphatic carbocycles. The summed E-state index contributed by atoms with van der Waals surface area (Å²) in [6.07, 6.45) is 2.04. The van der Waals surface area contributed by atoms with Gasteiger partial charge in [-0.1, -0.05) is 44.2 Å². The summed E-state index contributed by atoms with van der Waals surface area (Å²) >= 11 is 0. The van der Waals surface area contributed by atoms with Crippen LogP contribution in [-0.4, -0.2) is 46.4 Å². The van der Waals surface area contributed by atoms with Crippen LogP contribution in [0.1, 0.15) is 38.7 Å². The van der Waals surface area contributed by atoms with Gasteiger partial charge in [-0.2, -0.15) is 5.06 Å². The number of hydroxylamine groups is 2. The van der Waals surface area contributed by atoms with E-state index in [1.807, 2.05) is 44.2 Å². The topological polar surface area (TPSA) is 91.0 Å². The van der Waals surface area contributed by atoms with Crippen LogP contribution in [0, 0.1) is 11.3 Å². The fraction of sp³-hybridized carbons (Fsp3) is 0.550. The van der Waals surface area contributed by atoms with E-state index in [4.69, 9.17) is 4.84 Å². The van der Waals surface area contributed by atoms with Crippen molar-refractivity contribution in [2.45, 2.75) is 51.8 Å². The summed E-state index contributed by atoms with van der Waals surface area (Å²) in [5.74, 6) is -0.602. The van der Waals surface area contributed by atoms with Crippen LogP contribution >= 0.6 is 0 Å². The Hall–Kier alpha value is -2.61. The van der Waals surface area contributed by atoms with Crippen LogP contribution in [0.15, 0.2) is 30.3 Å². The predicted octanol–water partition coefficient (Wildman–Crippen LogP) is 1.58. The molecule has 4 amide bonds. The van der Waals surface area contributed by atoms with E-state index in [9.17, 15) is 14.4 Å². The molecule has 1 saturated carbocycles. The van der Waals surface area contributed by atoms with E-state index < -0.39 is 6.04 Å². The summed E-state index contributed by atoms with van der Waals surface area (Å²) in [5.41, 5.74) is 5.98. The zero-order chi connectivity index (χ0) is 19.9. The third-order valence-corrected chi connectivity index (χ3v) is 5.98. The lowest BCUT2D eigenvalue weighted by molar-refractivity contribution is -0.140. The standard InChI is InChI=1S/C20H26N4O4/c1-20(2)10-15(20)17(25)21-22-18(26)16-9-8-14-11-23(16)19(27)24(14)28-12-13-6-4-3-5-7-13/h3-7,14-16H,8-12H2,1-2H3,(H,21,25)(H,22,26)/t14-,15?,16-/m0/s1. The van der Waals surface area contributed by atoms with Gasteiger partial charge in [-0.3, -0.25) is 25.3 Å². The van der Waals surface area contributed by atoms with Crippen LogP contribution in [0.2, 0.25) is 0 Å². The minimum absolute atomic E-state index is 0.00557. The number of carbonyl (C=O) groups excluding carboxylic acids is 3. The first-order valence-corrected chi connectivity index (χ1v) is 9.73. The Balaban J connectivity index is 1.31. The number of rotatable bonds is 5. The van der Waals surface area contributed by atoms with Crippen LogP contribution in [0.3, 0.4) is 0 Å². The number of fused-ring (bicyclic) bond motifs is 2. The number of piperidine rings is 1. The van der Waals surface area contributed by atoms with Crippen molar-refractivity contribution in [1.82, 2.24) is 20.8 Å². The van der Waals surface area contributed by atoms with E-state index in [0.717, 1.165) is 12.0 Å². The van der Waals surface area contributed by atoms with Crippen molar-refractivity contribution in [2.24, 2.45) is 11.3 Å². The van der Waals surface area contributed by atoms with Gasteiger partial charge in [0.2, 0.25) is 5.91 Å². The molecule has 0 radical (unpaired) electrons. The Kier molecular flexibility index (Phi) is 4.74. The van der Waals surface area contributed by atoms with Crippen molar-refractivity contribution in [3.05, 3.63) is 35.9 Å². The average molecular weight is 386 g/mol. The highest BCUT2D eigenvalue weighted by Gasteiger charge is 2.51. The van der Waals surface area contributed by atoms with E-state index in [0.29, 0.717) is 26.0 Å². The van der Waals surface area contributed by atoms with Gasteiger partial charge in [-0.05, 0) is 30.2 Å². The summed E-state index contributed by atoms with van der Waals surface area (Å²) in [4.78, 5) is 44.6. The maximum Gasteiger partial charge on any atom is 0.345 e. The predicted molar refractivity (Wildman–Crippen MR) is 100 cm³/mol. The number of hydrazine groups is 1. The highest BCUT2D eigenvalue weighted by atomic mass is 16.7. The second-order valence-corrected chi connectivity index (χ2v) is 8.49. The molecule has 2 saturated heterocycles. The molecule has 2 heterocycles. The van der Waals surface area contributed by atoms with E-state index in [-0.39, 0.29) is 35.2 Å². The molecule has 0 aromatic heterocycles. The highest BCUT2D eigenvalue weighted by Crippen LogP contribution is 2.51. The van der Waals surface area contributed by atoms with Crippen LogP contribution in [0.5, 0.6) is 0 Å². The molecule has 2 aliphatic heterocycles. The first kappa shape index (κ1) is 18.7. The largest absolute Gasteiger partial charge is 0.345 e. The quantitative estimate of drug-likeness (QED) is 0.752. The summed E-state index contributed by atoms with van der Waals surface area (Å²) in [6, 6.07) is 8.69. The zero-order valence-electron chi connectivity index (χ0n) is 16.2. The van der Waals surface area contributed by atoms with Crippen LogP contribution in [-0.2, 0) is 21.0 Å². The molecule has 1 aromatic rings. The molecule has 1 aromatic carbocycles. The van der Waals surface area contributed by atoms with E-state index in [1.165, 1.54) is 9.96 Å². The first-order chi connectivity index (χ1) is 13.4. The Labute approximate surface area is 164 Å². The molecule has 1 unspecified atom stereocenters. The van der Waals surface area contributed by atoms with Crippen LogP contribution in [0.25, 0.3) is 0 Å². The molecule has 8 nitrogen and oxygen atoms in total. The lowest BCUT2D eigenvalue weighted by Crippen LogP contribution is -2.54. The monoisotopic (exact) mass is 386 g/mol. The normalized spacial score (nSPS) is 27.5. The lowest BCUT2D eigenvalue weighted by Gasteiger charge is -2.29. The average Bonchev–Trinajstić information content (AvgIpc) is 3.27. The zero-order valence-corrected chi connectivity index (χ0v) is 16.2.